The van der Waals surface area contributed by atoms with E-state index in [1.807, 2.05) is 6.92 Å². The number of aliphatic hydroxyl groups excluding tert-OH is 1. The molecular formula is C12H22O. The lowest BCUT2D eigenvalue weighted by Crippen LogP contribution is -2.35. The molecule has 1 saturated carbocycles. The summed E-state index contributed by atoms with van der Waals surface area (Å²) in [6, 6.07) is 0. The summed E-state index contributed by atoms with van der Waals surface area (Å²) in [5.41, 5.74) is 1.51. The Morgan fingerprint density at radius 2 is 2.23 bits per heavy atom. The maximum atomic E-state index is 9.95. The van der Waals surface area contributed by atoms with Gasteiger partial charge in [0.25, 0.3) is 0 Å². The van der Waals surface area contributed by atoms with E-state index in [2.05, 4.69) is 20.4 Å². The molecule has 13 heavy (non-hydrogen) atoms. The van der Waals surface area contributed by atoms with Gasteiger partial charge in [0, 0.05) is 5.92 Å². The van der Waals surface area contributed by atoms with Crippen molar-refractivity contribution in [2.75, 3.05) is 0 Å². The second kappa shape index (κ2) is 3.83. The predicted molar refractivity (Wildman–Crippen MR) is 56.6 cm³/mol. The van der Waals surface area contributed by atoms with Gasteiger partial charge in [-0.25, -0.2) is 0 Å². The van der Waals surface area contributed by atoms with E-state index < -0.39 is 0 Å². The largest absolute Gasteiger partial charge is 0.392 e. The molecule has 0 spiro atoms. The minimum Gasteiger partial charge on any atom is -0.392 e. The van der Waals surface area contributed by atoms with Gasteiger partial charge in [-0.05, 0) is 31.6 Å². The molecule has 1 aliphatic carbocycles. The van der Waals surface area contributed by atoms with Crippen LogP contribution in [0.5, 0.6) is 0 Å². The lowest BCUT2D eigenvalue weighted by Gasteiger charge is -2.40. The quantitative estimate of drug-likeness (QED) is 0.650. The van der Waals surface area contributed by atoms with Crippen LogP contribution in [-0.2, 0) is 0 Å². The van der Waals surface area contributed by atoms with Gasteiger partial charge in [0.05, 0.1) is 6.10 Å². The van der Waals surface area contributed by atoms with Gasteiger partial charge in [0.15, 0.2) is 0 Å². The first-order valence-corrected chi connectivity index (χ1v) is 5.32. The third-order valence-corrected chi connectivity index (χ3v) is 3.71. The summed E-state index contributed by atoms with van der Waals surface area (Å²) < 4.78 is 0. The van der Waals surface area contributed by atoms with Crippen molar-refractivity contribution >= 4 is 0 Å². The highest BCUT2D eigenvalue weighted by Crippen LogP contribution is 2.42. The number of aliphatic hydroxyl groups is 1. The summed E-state index contributed by atoms with van der Waals surface area (Å²) in [5, 5.41) is 9.95. The van der Waals surface area contributed by atoms with Crippen LogP contribution in [-0.4, -0.2) is 11.2 Å². The van der Waals surface area contributed by atoms with Crippen molar-refractivity contribution in [3.8, 4) is 0 Å². The second-order valence-corrected chi connectivity index (χ2v) is 4.93. The molecule has 1 heteroatoms. The first kappa shape index (κ1) is 10.8. The Balaban J connectivity index is 2.61. The van der Waals surface area contributed by atoms with Gasteiger partial charge < -0.3 is 5.11 Å². The molecule has 0 heterocycles. The molecule has 0 radical (unpaired) electrons. The summed E-state index contributed by atoms with van der Waals surface area (Å²) >= 11 is 0. The Kier molecular flexibility index (Phi) is 3.18. The van der Waals surface area contributed by atoms with Gasteiger partial charge in [0.1, 0.15) is 0 Å². The van der Waals surface area contributed by atoms with Gasteiger partial charge in [-0.1, -0.05) is 32.4 Å². The number of hydrogen-bond donors (Lipinski definition) is 1. The highest BCUT2D eigenvalue weighted by molar-refractivity contribution is 5.03. The van der Waals surface area contributed by atoms with Crippen LogP contribution in [0.1, 0.15) is 46.5 Å². The maximum Gasteiger partial charge on any atom is 0.0610 e. The zero-order valence-electron chi connectivity index (χ0n) is 9.14. The smallest absolute Gasteiger partial charge is 0.0610 e. The predicted octanol–water partition coefficient (Wildman–Crippen LogP) is 3.14. The van der Waals surface area contributed by atoms with Crippen LogP contribution < -0.4 is 0 Å². The van der Waals surface area contributed by atoms with E-state index in [9.17, 15) is 5.11 Å². The van der Waals surface area contributed by atoms with Crippen molar-refractivity contribution in [1.82, 2.24) is 0 Å². The number of rotatable bonds is 2. The Hall–Kier alpha value is -0.300. The zero-order valence-corrected chi connectivity index (χ0v) is 9.14. The molecule has 0 aromatic rings. The molecule has 0 aliphatic heterocycles. The third kappa shape index (κ3) is 2.34. The lowest BCUT2D eigenvalue weighted by atomic mass is 9.67. The molecule has 1 N–H and O–H groups in total. The molecule has 0 aromatic heterocycles. The van der Waals surface area contributed by atoms with Crippen molar-refractivity contribution in [2.24, 2.45) is 11.3 Å². The first-order chi connectivity index (χ1) is 5.98. The monoisotopic (exact) mass is 182 g/mol. The van der Waals surface area contributed by atoms with Gasteiger partial charge >= 0.3 is 0 Å². The molecule has 0 bridgehead atoms. The molecule has 0 amide bonds. The van der Waals surface area contributed by atoms with Crippen LogP contribution in [0.3, 0.4) is 0 Å². The van der Waals surface area contributed by atoms with E-state index in [1.165, 1.54) is 12.8 Å². The van der Waals surface area contributed by atoms with Gasteiger partial charge in [0.2, 0.25) is 0 Å². The van der Waals surface area contributed by atoms with Crippen LogP contribution in [0.15, 0.2) is 12.2 Å². The normalized spacial score (nSPS) is 40.3. The average Bonchev–Trinajstić information content (AvgIpc) is 2.03. The summed E-state index contributed by atoms with van der Waals surface area (Å²) in [6.07, 6.45) is 4.31. The molecule has 1 nitrogen and oxygen atoms in total. The summed E-state index contributed by atoms with van der Waals surface area (Å²) in [7, 11) is 0. The molecule has 0 saturated heterocycles. The minimum atomic E-state index is -0.156. The first-order valence-electron chi connectivity index (χ1n) is 5.32. The fourth-order valence-corrected chi connectivity index (χ4v) is 2.34. The second-order valence-electron chi connectivity index (χ2n) is 4.93. The molecule has 0 aromatic carbocycles. The average molecular weight is 182 g/mol. The zero-order chi connectivity index (χ0) is 10.1. The highest BCUT2D eigenvalue weighted by Gasteiger charge is 2.35. The Morgan fingerprint density at radius 3 is 2.62 bits per heavy atom. The van der Waals surface area contributed by atoms with Crippen LogP contribution in [0.4, 0.5) is 0 Å². The Bertz CT molecular complexity index is 197. The molecule has 0 unspecified atom stereocenters. The van der Waals surface area contributed by atoms with Crippen molar-refractivity contribution < 1.29 is 5.11 Å². The molecule has 1 aliphatic rings. The van der Waals surface area contributed by atoms with E-state index in [0.29, 0.717) is 11.3 Å². The van der Waals surface area contributed by atoms with Crippen molar-refractivity contribution in [2.45, 2.75) is 52.6 Å². The van der Waals surface area contributed by atoms with E-state index in [0.717, 1.165) is 18.4 Å². The van der Waals surface area contributed by atoms with Crippen LogP contribution in [0, 0.1) is 11.3 Å². The van der Waals surface area contributed by atoms with Crippen LogP contribution in [0.25, 0.3) is 0 Å². The van der Waals surface area contributed by atoms with Crippen molar-refractivity contribution in [1.29, 1.82) is 0 Å². The van der Waals surface area contributed by atoms with E-state index >= 15 is 0 Å². The molecule has 3 atom stereocenters. The summed E-state index contributed by atoms with van der Waals surface area (Å²) in [6.45, 7) is 10.5. The topological polar surface area (TPSA) is 20.2 Å². The van der Waals surface area contributed by atoms with Gasteiger partial charge in [-0.3, -0.25) is 0 Å². The summed E-state index contributed by atoms with van der Waals surface area (Å²) in [4.78, 5) is 0. The fraction of sp³-hybridized carbons (Fsp3) is 0.833. The van der Waals surface area contributed by atoms with Gasteiger partial charge in [-0.2, -0.15) is 0 Å². The van der Waals surface area contributed by atoms with E-state index in [1.54, 1.807) is 0 Å². The van der Waals surface area contributed by atoms with E-state index in [4.69, 9.17) is 0 Å². The Labute approximate surface area is 81.9 Å². The molecular weight excluding hydrogens is 160 g/mol. The molecule has 1 rings (SSSR count). The Morgan fingerprint density at radius 1 is 1.62 bits per heavy atom. The third-order valence-electron chi connectivity index (χ3n) is 3.71. The molecule has 76 valence electrons. The maximum absolute atomic E-state index is 9.95. The standard InChI is InChI=1S/C12H22O/c1-5-12(4)7-6-10(9(2)3)11(13)8-12/h10-11,13H,2,5-8H2,1,3-4H3/t10-,11+,12+/m1/s1. The minimum absolute atomic E-state index is 0.156. The van der Waals surface area contributed by atoms with Crippen LogP contribution in [0.2, 0.25) is 0 Å². The van der Waals surface area contributed by atoms with Gasteiger partial charge in [-0.15, -0.1) is 0 Å². The lowest BCUT2D eigenvalue weighted by molar-refractivity contribution is 0.0204. The van der Waals surface area contributed by atoms with Crippen molar-refractivity contribution in [3.05, 3.63) is 12.2 Å². The van der Waals surface area contributed by atoms with Crippen molar-refractivity contribution in [3.63, 3.8) is 0 Å². The highest BCUT2D eigenvalue weighted by atomic mass is 16.3. The fourth-order valence-electron chi connectivity index (χ4n) is 2.34. The SMILES string of the molecule is C=C(C)[C@H]1CC[C@](C)(CC)C[C@@H]1O. The molecule has 1 fully saturated rings. The van der Waals surface area contributed by atoms with E-state index in [-0.39, 0.29) is 6.10 Å². The summed E-state index contributed by atoms with van der Waals surface area (Å²) in [5.74, 6) is 0.347. The van der Waals surface area contributed by atoms with Crippen LogP contribution >= 0.6 is 0 Å². The number of hydrogen-bond acceptors (Lipinski definition) is 1.